The van der Waals surface area contributed by atoms with Gasteiger partial charge in [0.05, 0.1) is 13.0 Å². The molecular formula is C22H26O4Si. The first-order valence-electron chi connectivity index (χ1n) is 9.52. The molecule has 0 unspecified atom stereocenters. The molecular weight excluding hydrogens is 356 g/mol. The van der Waals surface area contributed by atoms with Gasteiger partial charge in [-0.15, -0.1) is 0 Å². The van der Waals surface area contributed by atoms with E-state index in [-0.39, 0.29) is 29.3 Å². The van der Waals surface area contributed by atoms with Gasteiger partial charge in [0.2, 0.25) is 0 Å². The summed E-state index contributed by atoms with van der Waals surface area (Å²) in [5.74, 6) is -0.194. The summed E-state index contributed by atoms with van der Waals surface area (Å²) in [6.07, 6.45) is -0.404. The first-order chi connectivity index (χ1) is 12.9. The van der Waals surface area contributed by atoms with Crippen molar-refractivity contribution < 1.29 is 18.7 Å². The molecule has 4 rings (SSSR count). The lowest BCUT2D eigenvalue weighted by molar-refractivity contribution is -0.144. The summed E-state index contributed by atoms with van der Waals surface area (Å²) in [6, 6.07) is 21.0. The molecule has 2 fully saturated rings. The van der Waals surface area contributed by atoms with Crippen molar-refractivity contribution in [3.63, 3.8) is 0 Å². The molecule has 0 saturated carbocycles. The van der Waals surface area contributed by atoms with Crippen molar-refractivity contribution in [2.45, 2.75) is 50.5 Å². The van der Waals surface area contributed by atoms with E-state index in [2.05, 4.69) is 69.3 Å². The van der Waals surface area contributed by atoms with Gasteiger partial charge in [0.25, 0.3) is 8.32 Å². The molecule has 0 N–H and O–H groups in total. The van der Waals surface area contributed by atoms with Crippen LogP contribution in [0.3, 0.4) is 0 Å². The van der Waals surface area contributed by atoms with Crippen molar-refractivity contribution in [1.82, 2.24) is 0 Å². The smallest absolute Gasteiger partial charge is 0.309 e. The summed E-state index contributed by atoms with van der Waals surface area (Å²) >= 11 is 0. The summed E-state index contributed by atoms with van der Waals surface area (Å²) < 4.78 is 18.4. The fourth-order valence-corrected chi connectivity index (χ4v) is 9.03. The second-order valence-electron chi connectivity index (χ2n) is 8.35. The summed E-state index contributed by atoms with van der Waals surface area (Å²) in [5.41, 5.74) is 0. The third-order valence-electron chi connectivity index (χ3n) is 5.59. The van der Waals surface area contributed by atoms with Crippen molar-refractivity contribution in [2.75, 3.05) is 6.61 Å². The highest BCUT2D eigenvalue weighted by atomic mass is 28.4. The van der Waals surface area contributed by atoms with Crippen LogP contribution in [0.2, 0.25) is 5.04 Å². The number of benzene rings is 2. The van der Waals surface area contributed by atoms with Gasteiger partial charge < -0.3 is 13.9 Å². The van der Waals surface area contributed by atoms with Gasteiger partial charge in [-0.05, 0) is 15.4 Å². The Morgan fingerprint density at radius 3 is 2.04 bits per heavy atom. The topological polar surface area (TPSA) is 44.8 Å². The van der Waals surface area contributed by atoms with E-state index >= 15 is 0 Å². The summed E-state index contributed by atoms with van der Waals surface area (Å²) in [6.45, 7) is 7.20. The molecule has 0 spiro atoms. The monoisotopic (exact) mass is 382 g/mol. The zero-order chi connectivity index (χ0) is 19.1. The third-order valence-corrected chi connectivity index (χ3v) is 10.6. The number of rotatable bonds is 4. The first kappa shape index (κ1) is 18.4. The van der Waals surface area contributed by atoms with Gasteiger partial charge in [0.1, 0.15) is 12.2 Å². The van der Waals surface area contributed by atoms with E-state index in [1.54, 1.807) is 0 Å². The number of fused-ring (bicyclic) bond motifs is 1. The Hall–Kier alpha value is -1.95. The van der Waals surface area contributed by atoms with E-state index in [9.17, 15) is 4.79 Å². The van der Waals surface area contributed by atoms with Crippen molar-refractivity contribution in [1.29, 1.82) is 0 Å². The lowest BCUT2D eigenvalue weighted by Gasteiger charge is -2.44. The zero-order valence-corrected chi connectivity index (χ0v) is 17.1. The van der Waals surface area contributed by atoms with Gasteiger partial charge in [0, 0.05) is 0 Å². The molecule has 2 aliphatic rings. The second-order valence-corrected chi connectivity index (χ2v) is 12.6. The van der Waals surface area contributed by atoms with Crippen LogP contribution in [0, 0.1) is 0 Å². The first-order valence-corrected chi connectivity index (χ1v) is 11.4. The van der Waals surface area contributed by atoms with Gasteiger partial charge in [-0.1, -0.05) is 81.4 Å². The van der Waals surface area contributed by atoms with Crippen molar-refractivity contribution in [2.24, 2.45) is 0 Å². The molecule has 2 aliphatic heterocycles. The van der Waals surface area contributed by atoms with E-state index in [4.69, 9.17) is 13.9 Å². The average molecular weight is 383 g/mol. The van der Waals surface area contributed by atoms with E-state index in [0.29, 0.717) is 13.0 Å². The highest BCUT2D eigenvalue weighted by molar-refractivity contribution is 6.99. The van der Waals surface area contributed by atoms with Gasteiger partial charge in [0.15, 0.2) is 6.10 Å². The molecule has 2 heterocycles. The summed E-state index contributed by atoms with van der Waals surface area (Å²) in [7, 11) is -2.67. The van der Waals surface area contributed by atoms with E-state index in [1.807, 2.05) is 12.1 Å². The minimum atomic E-state index is -2.67. The van der Waals surface area contributed by atoms with Crippen molar-refractivity contribution >= 4 is 24.7 Å². The Bertz CT molecular complexity index is 761. The van der Waals surface area contributed by atoms with Gasteiger partial charge in [-0.3, -0.25) is 4.79 Å². The highest BCUT2D eigenvalue weighted by Crippen LogP contribution is 2.40. The molecule has 0 amide bonds. The van der Waals surface area contributed by atoms with Crippen LogP contribution in [0.25, 0.3) is 0 Å². The minimum Gasteiger partial charge on any atom is -0.457 e. The molecule has 0 radical (unpaired) electrons. The van der Waals surface area contributed by atoms with Crippen LogP contribution < -0.4 is 10.4 Å². The number of hydrogen-bond donors (Lipinski definition) is 0. The largest absolute Gasteiger partial charge is 0.457 e. The van der Waals surface area contributed by atoms with Crippen LogP contribution in [0.4, 0.5) is 0 Å². The van der Waals surface area contributed by atoms with E-state index < -0.39 is 8.32 Å². The lowest BCUT2D eigenvalue weighted by Crippen LogP contribution is -2.68. The van der Waals surface area contributed by atoms with E-state index in [1.165, 1.54) is 10.4 Å². The number of ether oxygens (including phenoxy) is 2. The van der Waals surface area contributed by atoms with Crippen molar-refractivity contribution in [3.8, 4) is 0 Å². The zero-order valence-electron chi connectivity index (χ0n) is 16.1. The molecule has 2 saturated heterocycles. The molecule has 2 aromatic rings. The Kier molecular flexibility index (Phi) is 4.70. The normalized spacial score (nSPS) is 25.3. The molecule has 2 aromatic carbocycles. The molecule has 27 heavy (non-hydrogen) atoms. The Morgan fingerprint density at radius 1 is 0.963 bits per heavy atom. The molecule has 0 aromatic heterocycles. The van der Waals surface area contributed by atoms with Crippen LogP contribution in [0.15, 0.2) is 60.7 Å². The van der Waals surface area contributed by atoms with Crippen LogP contribution in [0.5, 0.6) is 0 Å². The number of carbonyl (C=O) groups excluding carboxylic acids is 1. The van der Waals surface area contributed by atoms with Crippen molar-refractivity contribution in [3.05, 3.63) is 60.7 Å². The maximum atomic E-state index is 11.8. The van der Waals surface area contributed by atoms with Crippen LogP contribution >= 0.6 is 0 Å². The SMILES string of the molecule is CC(C)(C)[Si](O[C@@H]1CO[C@@H]2CC(=O)O[C@@H]21)(c1ccccc1)c1ccccc1. The maximum absolute atomic E-state index is 11.8. The molecule has 142 valence electrons. The molecule has 3 atom stereocenters. The van der Waals surface area contributed by atoms with Gasteiger partial charge in [-0.25, -0.2) is 0 Å². The number of esters is 1. The van der Waals surface area contributed by atoms with E-state index in [0.717, 1.165) is 0 Å². The quantitative estimate of drug-likeness (QED) is 0.602. The third kappa shape index (κ3) is 3.14. The predicted octanol–water partition coefficient (Wildman–Crippen LogP) is 2.65. The van der Waals surface area contributed by atoms with Crippen LogP contribution in [-0.2, 0) is 18.7 Å². The fraction of sp³-hybridized carbons (Fsp3) is 0.409. The Labute approximate surface area is 161 Å². The summed E-state index contributed by atoms with van der Waals surface area (Å²) in [5, 5.41) is 2.32. The second kappa shape index (κ2) is 6.89. The minimum absolute atomic E-state index is 0.115. The van der Waals surface area contributed by atoms with Gasteiger partial charge >= 0.3 is 5.97 Å². The Balaban J connectivity index is 1.82. The standard InChI is InChI=1S/C22H26O4Si/c1-22(2,3)27(16-10-6-4-7-11-16,17-12-8-5-9-13-17)26-19-15-24-18-14-20(23)25-21(18)19/h4-13,18-19,21H,14-15H2,1-3H3/t18-,19-,21+/m1/s1. The lowest BCUT2D eigenvalue weighted by atomic mass is 10.1. The average Bonchev–Trinajstić information content (AvgIpc) is 3.19. The summed E-state index contributed by atoms with van der Waals surface area (Å²) in [4.78, 5) is 11.8. The molecule has 0 aliphatic carbocycles. The fourth-order valence-electron chi connectivity index (χ4n) is 4.36. The number of carbonyl (C=O) groups is 1. The van der Waals surface area contributed by atoms with Gasteiger partial charge in [-0.2, -0.15) is 0 Å². The molecule has 0 bridgehead atoms. The molecule has 4 nitrogen and oxygen atoms in total. The Morgan fingerprint density at radius 2 is 1.52 bits per heavy atom. The predicted molar refractivity (Wildman–Crippen MR) is 107 cm³/mol. The highest BCUT2D eigenvalue weighted by Gasteiger charge is 2.56. The van der Waals surface area contributed by atoms with Crippen LogP contribution in [0.1, 0.15) is 27.2 Å². The van der Waals surface area contributed by atoms with Crippen LogP contribution in [-0.4, -0.2) is 39.2 Å². The maximum Gasteiger partial charge on any atom is 0.309 e. The molecule has 5 heteroatoms. The number of hydrogen-bond acceptors (Lipinski definition) is 4.